The minimum absolute atomic E-state index is 0.232. The largest absolute Gasteiger partial charge is 0.497 e. The number of aryl methyl sites for hydroxylation is 1. The number of nitrogens with zero attached hydrogens (tertiary/aromatic N) is 2. The number of hydrogen-bond acceptors (Lipinski definition) is 4. The summed E-state index contributed by atoms with van der Waals surface area (Å²) in [6.07, 6.45) is 0.561. The first-order chi connectivity index (χ1) is 10.0. The number of hydrogen-bond donors (Lipinski definition) is 1. The quantitative estimate of drug-likeness (QED) is 0.808. The molecule has 2 amide bonds. The van der Waals surface area contributed by atoms with Crippen molar-refractivity contribution in [1.29, 1.82) is 0 Å². The lowest BCUT2D eigenvalue weighted by Gasteiger charge is -2.21. The second-order valence-corrected chi connectivity index (χ2v) is 5.03. The molecule has 0 saturated carbocycles. The molecule has 0 spiro atoms. The fraction of sp³-hybridized carbons (Fsp3) is 0.357. The number of imide groups is 1. The van der Waals surface area contributed by atoms with Gasteiger partial charge in [-0.2, -0.15) is 0 Å². The molecule has 0 aliphatic carbocycles. The number of aromatic nitrogens is 2. The highest BCUT2D eigenvalue weighted by atomic mass is 16.5. The Morgan fingerprint density at radius 2 is 2.00 bits per heavy atom. The summed E-state index contributed by atoms with van der Waals surface area (Å²) in [4.78, 5) is 35.7. The van der Waals surface area contributed by atoms with Gasteiger partial charge in [0.05, 0.1) is 18.1 Å². The van der Waals surface area contributed by atoms with E-state index in [2.05, 4.69) is 5.32 Å². The number of benzene rings is 1. The summed E-state index contributed by atoms with van der Waals surface area (Å²) >= 11 is 0. The van der Waals surface area contributed by atoms with Crippen molar-refractivity contribution in [2.75, 3.05) is 7.11 Å². The van der Waals surface area contributed by atoms with Crippen LogP contribution in [0, 0.1) is 0 Å². The van der Waals surface area contributed by atoms with Gasteiger partial charge in [-0.1, -0.05) is 0 Å². The predicted molar refractivity (Wildman–Crippen MR) is 75.2 cm³/mol. The minimum atomic E-state index is -0.660. The summed E-state index contributed by atoms with van der Waals surface area (Å²) in [6, 6.07) is 4.58. The Bertz CT molecular complexity index is 802. The molecule has 1 unspecified atom stereocenters. The van der Waals surface area contributed by atoms with Crippen molar-refractivity contribution >= 4 is 22.8 Å². The van der Waals surface area contributed by atoms with Gasteiger partial charge < -0.3 is 4.74 Å². The van der Waals surface area contributed by atoms with Crippen LogP contribution >= 0.6 is 0 Å². The first kappa shape index (κ1) is 13.4. The van der Waals surface area contributed by atoms with Crippen molar-refractivity contribution in [3.8, 4) is 5.75 Å². The maximum Gasteiger partial charge on any atom is 0.329 e. The molecule has 7 nitrogen and oxygen atoms in total. The Morgan fingerprint density at radius 3 is 2.67 bits per heavy atom. The number of imidazole rings is 1. The lowest BCUT2D eigenvalue weighted by molar-refractivity contribution is -0.135. The molecular formula is C14H15N3O4. The van der Waals surface area contributed by atoms with E-state index in [0.717, 1.165) is 0 Å². The van der Waals surface area contributed by atoms with Gasteiger partial charge in [0.2, 0.25) is 11.8 Å². The molecule has 2 aromatic rings. The summed E-state index contributed by atoms with van der Waals surface area (Å²) in [6.45, 7) is 0. The highest BCUT2D eigenvalue weighted by molar-refractivity contribution is 6.00. The molecule has 1 fully saturated rings. The number of nitrogens with one attached hydrogen (secondary N) is 1. The highest BCUT2D eigenvalue weighted by Crippen LogP contribution is 2.25. The van der Waals surface area contributed by atoms with Gasteiger partial charge >= 0.3 is 5.69 Å². The number of carbonyl (C=O) groups is 2. The van der Waals surface area contributed by atoms with E-state index < -0.39 is 11.9 Å². The number of rotatable bonds is 2. The lowest BCUT2D eigenvalue weighted by atomic mass is 10.1. The smallest absolute Gasteiger partial charge is 0.329 e. The lowest BCUT2D eigenvalue weighted by Crippen LogP contribution is -2.44. The Hall–Kier alpha value is -2.57. The molecule has 1 saturated heterocycles. The average molecular weight is 289 g/mol. The van der Waals surface area contributed by atoms with Gasteiger partial charge in [0.15, 0.2) is 0 Å². The maximum absolute atomic E-state index is 12.4. The third-order valence-electron chi connectivity index (χ3n) is 3.82. The van der Waals surface area contributed by atoms with E-state index in [1.165, 1.54) is 9.13 Å². The van der Waals surface area contributed by atoms with Crippen LogP contribution in [0.15, 0.2) is 23.0 Å². The van der Waals surface area contributed by atoms with Crippen LogP contribution in [0.5, 0.6) is 5.75 Å². The highest BCUT2D eigenvalue weighted by Gasteiger charge is 2.31. The SMILES string of the molecule is COc1ccc2c(c1)n(C)c(=O)n2C1CCC(=O)NC1=O. The van der Waals surface area contributed by atoms with E-state index in [4.69, 9.17) is 4.74 Å². The molecule has 1 aliphatic rings. The topological polar surface area (TPSA) is 82.3 Å². The van der Waals surface area contributed by atoms with Crippen molar-refractivity contribution < 1.29 is 14.3 Å². The van der Waals surface area contributed by atoms with Crippen LogP contribution in [-0.2, 0) is 16.6 Å². The van der Waals surface area contributed by atoms with E-state index in [0.29, 0.717) is 23.2 Å². The first-order valence-electron chi connectivity index (χ1n) is 6.61. The Balaban J connectivity index is 2.19. The van der Waals surface area contributed by atoms with Crippen molar-refractivity contribution in [3.63, 3.8) is 0 Å². The van der Waals surface area contributed by atoms with Crippen LogP contribution in [0.2, 0.25) is 0 Å². The zero-order chi connectivity index (χ0) is 15.1. The van der Waals surface area contributed by atoms with Gasteiger partial charge in [0, 0.05) is 19.5 Å². The molecular weight excluding hydrogens is 274 g/mol. The molecule has 1 aromatic carbocycles. The van der Waals surface area contributed by atoms with Crippen molar-refractivity contribution in [3.05, 3.63) is 28.7 Å². The Morgan fingerprint density at radius 1 is 1.24 bits per heavy atom. The molecule has 21 heavy (non-hydrogen) atoms. The van der Waals surface area contributed by atoms with E-state index in [-0.39, 0.29) is 18.0 Å². The van der Waals surface area contributed by atoms with Crippen molar-refractivity contribution in [2.24, 2.45) is 7.05 Å². The summed E-state index contributed by atoms with van der Waals surface area (Å²) in [5.41, 5.74) is 1.05. The second-order valence-electron chi connectivity index (χ2n) is 5.03. The van der Waals surface area contributed by atoms with Gasteiger partial charge in [-0.3, -0.25) is 24.0 Å². The first-order valence-corrected chi connectivity index (χ1v) is 6.61. The van der Waals surface area contributed by atoms with Crippen molar-refractivity contribution in [2.45, 2.75) is 18.9 Å². The van der Waals surface area contributed by atoms with E-state index >= 15 is 0 Å². The van der Waals surface area contributed by atoms with Gasteiger partial charge in [0.25, 0.3) is 0 Å². The maximum atomic E-state index is 12.4. The van der Waals surface area contributed by atoms with Gasteiger partial charge in [-0.15, -0.1) is 0 Å². The Labute approximate surface area is 120 Å². The van der Waals surface area contributed by atoms with E-state index in [9.17, 15) is 14.4 Å². The fourth-order valence-electron chi connectivity index (χ4n) is 2.70. The fourth-order valence-corrected chi connectivity index (χ4v) is 2.70. The number of methoxy groups -OCH3 is 1. The van der Waals surface area contributed by atoms with Gasteiger partial charge in [0.1, 0.15) is 11.8 Å². The third kappa shape index (κ3) is 2.01. The van der Waals surface area contributed by atoms with Crippen LogP contribution < -0.4 is 15.7 Å². The predicted octanol–water partition coefficient (Wildman–Crippen LogP) is 0.326. The van der Waals surface area contributed by atoms with E-state index in [1.807, 2.05) is 0 Å². The van der Waals surface area contributed by atoms with Gasteiger partial charge in [-0.05, 0) is 18.6 Å². The van der Waals surface area contributed by atoms with Crippen LogP contribution in [-0.4, -0.2) is 28.1 Å². The normalized spacial score (nSPS) is 18.9. The average Bonchev–Trinajstić information content (AvgIpc) is 2.71. The molecule has 110 valence electrons. The van der Waals surface area contributed by atoms with Crippen LogP contribution in [0.1, 0.15) is 18.9 Å². The Kier molecular flexibility index (Phi) is 3.04. The zero-order valence-corrected chi connectivity index (χ0v) is 11.8. The molecule has 3 rings (SSSR count). The monoisotopic (exact) mass is 289 g/mol. The van der Waals surface area contributed by atoms with Crippen LogP contribution in [0.25, 0.3) is 11.0 Å². The van der Waals surface area contributed by atoms with E-state index in [1.54, 1.807) is 32.4 Å². The molecule has 0 radical (unpaired) electrons. The summed E-state index contributed by atoms with van der Waals surface area (Å²) in [5.74, 6) is -0.0959. The standard InChI is InChI=1S/C14H15N3O4/c1-16-11-7-8(21-2)3-4-9(11)17(14(16)20)10-5-6-12(18)15-13(10)19/h3-4,7,10H,5-6H2,1-2H3,(H,15,18,19). The molecule has 7 heteroatoms. The number of piperidine rings is 1. The number of carbonyl (C=O) groups excluding carboxylic acids is 2. The molecule has 0 bridgehead atoms. The minimum Gasteiger partial charge on any atom is -0.497 e. The molecule has 1 aliphatic heterocycles. The second kappa shape index (κ2) is 4.76. The number of ether oxygens (including phenoxy) is 1. The van der Waals surface area contributed by atoms with Gasteiger partial charge in [-0.25, -0.2) is 4.79 Å². The zero-order valence-electron chi connectivity index (χ0n) is 11.8. The number of fused-ring (bicyclic) bond motifs is 1. The summed E-state index contributed by atoms with van der Waals surface area (Å²) in [7, 11) is 3.20. The van der Waals surface area contributed by atoms with Crippen molar-refractivity contribution in [1.82, 2.24) is 14.5 Å². The molecule has 1 aromatic heterocycles. The summed E-state index contributed by atoms with van der Waals surface area (Å²) in [5, 5.41) is 2.28. The third-order valence-corrected chi connectivity index (χ3v) is 3.82. The number of amides is 2. The van der Waals surface area contributed by atoms with Crippen LogP contribution in [0.4, 0.5) is 0 Å². The molecule has 2 heterocycles. The molecule has 1 N–H and O–H groups in total. The molecule has 1 atom stereocenters. The summed E-state index contributed by atoms with van der Waals surface area (Å²) < 4.78 is 8.07. The van der Waals surface area contributed by atoms with Crippen LogP contribution in [0.3, 0.4) is 0 Å².